The summed E-state index contributed by atoms with van der Waals surface area (Å²) in [6.07, 6.45) is 1.62. The lowest BCUT2D eigenvalue weighted by Gasteiger charge is -2.15. The van der Waals surface area contributed by atoms with E-state index in [-0.39, 0.29) is 0 Å². The van der Waals surface area contributed by atoms with Crippen molar-refractivity contribution in [1.82, 2.24) is 0 Å². The molecule has 3 rings (SSSR count). The SMILES string of the molecule is Nc1ccc2c(c1)N=C(c1ccco1)CO2. The fourth-order valence-corrected chi connectivity index (χ4v) is 1.64. The first-order valence-corrected chi connectivity index (χ1v) is 4.97. The van der Waals surface area contributed by atoms with E-state index in [1.165, 1.54) is 0 Å². The maximum Gasteiger partial charge on any atom is 0.151 e. The van der Waals surface area contributed by atoms with Crippen molar-refractivity contribution >= 4 is 17.1 Å². The number of furan rings is 1. The van der Waals surface area contributed by atoms with Gasteiger partial charge in [0.05, 0.1) is 6.26 Å². The van der Waals surface area contributed by atoms with Gasteiger partial charge in [0.25, 0.3) is 0 Å². The summed E-state index contributed by atoms with van der Waals surface area (Å²) in [5.74, 6) is 1.48. The molecule has 2 aromatic rings. The molecule has 1 aliphatic rings. The average Bonchev–Trinajstić information content (AvgIpc) is 2.81. The molecule has 0 saturated heterocycles. The van der Waals surface area contributed by atoms with Crippen LogP contribution in [0, 0.1) is 0 Å². The second-order valence-electron chi connectivity index (χ2n) is 3.55. The van der Waals surface area contributed by atoms with Gasteiger partial charge in [-0.1, -0.05) is 0 Å². The van der Waals surface area contributed by atoms with Crippen LogP contribution in [0.2, 0.25) is 0 Å². The summed E-state index contributed by atoms with van der Waals surface area (Å²) >= 11 is 0. The molecular weight excluding hydrogens is 204 g/mol. The Balaban J connectivity index is 2.07. The number of fused-ring (bicyclic) bond motifs is 1. The Hall–Kier alpha value is -2.23. The van der Waals surface area contributed by atoms with Gasteiger partial charge in [0, 0.05) is 5.69 Å². The highest BCUT2D eigenvalue weighted by molar-refractivity contribution is 6.02. The standard InChI is InChI=1S/C12H10N2O2/c13-8-3-4-12-9(6-8)14-10(7-16-12)11-2-1-5-15-11/h1-6H,7,13H2. The van der Waals surface area contributed by atoms with Crippen molar-refractivity contribution in [2.45, 2.75) is 0 Å². The lowest BCUT2D eigenvalue weighted by Crippen LogP contribution is -2.15. The van der Waals surface area contributed by atoms with Crippen LogP contribution in [0.4, 0.5) is 11.4 Å². The molecule has 0 aliphatic carbocycles. The summed E-state index contributed by atoms with van der Waals surface area (Å²) in [6.45, 7) is 0.421. The first-order valence-electron chi connectivity index (χ1n) is 4.97. The van der Waals surface area contributed by atoms with E-state index in [2.05, 4.69) is 4.99 Å². The quantitative estimate of drug-likeness (QED) is 0.741. The minimum atomic E-state index is 0.421. The largest absolute Gasteiger partial charge is 0.485 e. The van der Waals surface area contributed by atoms with Crippen molar-refractivity contribution in [3.05, 3.63) is 42.4 Å². The maximum absolute atomic E-state index is 5.70. The lowest BCUT2D eigenvalue weighted by molar-refractivity contribution is 0.369. The monoisotopic (exact) mass is 214 g/mol. The van der Waals surface area contributed by atoms with E-state index in [0.29, 0.717) is 12.3 Å². The third kappa shape index (κ3) is 1.44. The Morgan fingerprint density at radius 3 is 3.00 bits per heavy atom. The molecule has 16 heavy (non-hydrogen) atoms. The predicted octanol–water partition coefficient (Wildman–Crippen LogP) is 2.38. The molecule has 0 spiro atoms. The van der Waals surface area contributed by atoms with E-state index in [4.69, 9.17) is 14.9 Å². The van der Waals surface area contributed by atoms with Gasteiger partial charge in [-0.25, -0.2) is 4.99 Å². The molecular formula is C12H10N2O2. The van der Waals surface area contributed by atoms with Gasteiger partial charge in [-0.3, -0.25) is 0 Å². The number of anilines is 1. The van der Waals surface area contributed by atoms with Crippen LogP contribution in [0.3, 0.4) is 0 Å². The van der Waals surface area contributed by atoms with Crippen LogP contribution in [0.5, 0.6) is 5.75 Å². The summed E-state index contributed by atoms with van der Waals surface area (Å²) in [6, 6.07) is 9.10. The minimum Gasteiger partial charge on any atom is -0.485 e. The Kier molecular flexibility index (Phi) is 1.93. The molecule has 0 bridgehead atoms. The molecule has 1 aromatic heterocycles. The average molecular weight is 214 g/mol. The van der Waals surface area contributed by atoms with Crippen molar-refractivity contribution in [3.8, 4) is 5.75 Å². The number of nitrogens with two attached hydrogens (primary N) is 1. The summed E-state index contributed by atoms with van der Waals surface area (Å²) < 4.78 is 10.8. The van der Waals surface area contributed by atoms with Crippen molar-refractivity contribution < 1.29 is 9.15 Å². The molecule has 80 valence electrons. The van der Waals surface area contributed by atoms with Crippen LogP contribution < -0.4 is 10.5 Å². The van der Waals surface area contributed by atoms with E-state index in [9.17, 15) is 0 Å². The zero-order valence-electron chi connectivity index (χ0n) is 8.51. The van der Waals surface area contributed by atoms with Gasteiger partial charge >= 0.3 is 0 Å². The molecule has 2 heterocycles. The van der Waals surface area contributed by atoms with Crippen molar-refractivity contribution in [3.63, 3.8) is 0 Å². The van der Waals surface area contributed by atoms with Crippen molar-refractivity contribution in [2.24, 2.45) is 4.99 Å². The second-order valence-corrected chi connectivity index (χ2v) is 3.55. The third-order valence-electron chi connectivity index (χ3n) is 2.41. The van der Waals surface area contributed by atoms with Crippen molar-refractivity contribution in [2.75, 3.05) is 12.3 Å². The fraction of sp³-hybridized carbons (Fsp3) is 0.0833. The number of hydrogen-bond acceptors (Lipinski definition) is 4. The number of aliphatic imine (C=N–C) groups is 1. The highest BCUT2D eigenvalue weighted by Crippen LogP contribution is 2.33. The van der Waals surface area contributed by atoms with E-state index >= 15 is 0 Å². The van der Waals surface area contributed by atoms with Crippen molar-refractivity contribution in [1.29, 1.82) is 0 Å². The zero-order chi connectivity index (χ0) is 11.0. The molecule has 0 amide bonds. The Labute approximate surface area is 92.4 Å². The van der Waals surface area contributed by atoms with Gasteiger partial charge in [0.1, 0.15) is 23.8 Å². The maximum atomic E-state index is 5.70. The van der Waals surface area contributed by atoms with Gasteiger partial charge < -0.3 is 14.9 Å². The molecule has 4 nitrogen and oxygen atoms in total. The highest BCUT2D eigenvalue weighted by Gasteiger charge is 2.16. The Bertz CT molecular complexity index is 544. The van der Waals surface area contributed by atoms with Gasteiger partial charge in [-0.05, 0) is 30.3 Å². The van der Waals surface area contributed by atoms with Crippen LogP contribution in [0.1, 0.15) is 5.76 Å². The lowest BCUT2D eigenvalue weighted by atomic mass is 10.2. The van der Waals surface area contributed by atoms with Crippen LogP contribution in [0.25, 0.3) is 0 Å². The summed E-state index contributed by atoms with van der Waals surface area (Å²) in [7, 11) is 0. The fourth-order valence-electron chi connectivity index (χ4n) is 1.64. The number of nitrogen functional groups attached to an aromatic ring is 1. The molecule has 0 unspecified atom stereocenters. The third-order valence-corrected chi connectivity index (χ3v) is 2.41. The second kappa shape index (κ2) is 3.41. The Morgan fingerprint density at radius 2 is 2.19 bits per heavy atom. The molecule has 0 radical (unpaired) electrons. The van der Waals surface area contributed by atoms with Gasteiger partial charge in [-0.15, -0.1) is 0 Å². The summed E-state index contributed by atoms with van der Waals surface area (Å²) in [4.78, 5) is 4.47. The number of hydrogen-bond donors (Lipinski definition) is 1. The van der Waals surface area contributed by atoms with E-state index in [1.54, 1.807) is 18.4 Å². The number of nitrogens with zero attached hydrogens (tertiary/aromatic N) is 1. The number of ether oxygens (including phenoxy) is 1. The molecule has 0 fully saturated rings. The predicted molar refractivity (Wildman–Crippen MR) is 61.3 cm³/mol. The van der Waals surface area contributed by atoms with Crippen LogP contribution in [0.15, 0.2) is 46.0 Å². The first-order chi connectivity index (χ1) is 7.83. The van der Waals surface area contributed by atoms with E-state index in [0.717, 1.165) is 22.9 Å². The normalized spacial score (nSPS) is 13.9. The summed E-state index contributed by atoms with van der Waals surface area (Å²) in [5, 5.41) is 0. The summed E-state index contributed by atoms with van der Waals surface area (Å²) in [5.41, 5.74) is 7.90. The van der Waals surface area contributed by atoms with Crippen LogP contribution in [-0.2, 0) is 0 Å². The number of benzene rings is 1. The number of rotatable bonds is 1. The van der Waals surface area contributed by atoms with Gasteiger partial charge in [0.15, 0.2) is 5.76 Å². The topological polar surface area (TPSA) is 60.8 Å². The molecule has 1 aliphatic heterocycles. The van der Waals surface area contributed by atoms with Gasteiger partial charge in [0.2, 0.25) is 0 Å². The first kappa shape index (κ1) is 9.03. The molecule has 0 saturated carbocycles. The molecule has 1 aromatic carbocycles. The molecule has 4 heteroatoms. The van der Waals surface area contributed by atoms with Crippen LogP contribution >= 0.6 is 0 Å². The highest BCUT2D eigenvalue weighted by atomic mass is 16.5. The van der Waals surface area contributed by atoms with E-state index < -0.39 is 0 Å². The van der Waals surface area contributed by atoms with Crippen LogP contribution in [-0.4, -0.2) is 12.3 Å². The van der Waals surface area contributed by atoms with Gasteiger partial charge in [-0.2, -0.15) is 0 Å². The smallest absolute Gasteiger partial charge is 0.151 e. The van der Waals surface area contributed by atoms with E-state index in [1.807, 2.05) is 18.2 Å². The minimum absolute atomic E-state index is 0.421. The molecule has 0 atom stereocenters. The Morgan fingerprint density at radius 1 is 1.25 bits per heavy atom. The zero-order valence-corrected chi connectivity index (χ0v) is 8.51. The molecule has 2 N–H and O–H groups in total.